The Morgan fingerprint density at radius 3 is 2.59 bits per heavy atom. The number of aromatic nitrogens is 1. The molecule has 0 unspecified atom stereocenters. The number of carbonyl (C=O) groups excluding carboxylic acids is 1. The first-order valence-corrected chi connectivity index (χ1v) is 9.22. The molecule has 6 heteroatoms. The minimum atomic E-state index is -0.526. The number of benzene rings is 2. The van der Waals surface area contributed by atoms with Gasteiger partial charge in [0.05, 0.1) is 28.6 Å². The van der Waals surface area contributed by atoms with Crippen molar-refractivity contribution < 1.29 is 14.3 Å². The molecule has 2 aromatic heterocycles. The van der Waals surface area contributed by atoms with E-state index in [1.807, 2.05) is 65.2 Å². The molecule has 6 nitrogen and oxygen atoms in total. The molecule has 2 N–H and O–H groups in total. The Bertz CT molecular complexity index is 1220. The SMILES string of the molecule is N#CCOc1cc(OCCc2ccccc2)c2c(C(N)=O)c3ccccn3c2c1. The van der Waals surface area contributed by atoms with Crippen molar-refractivity contribution in [3.05, 3.63) is 78.0 Å². The van der Waals surface area contributed by atoms with Gasteiger partial charge in [0.25, 0.3) is 5.91 Å². The highest BCUT2D eigenvalue weighted by atomic mass is 16.5. The number of ether oxygens (including phenoxy) is 2. The molecular formula is C23H19N3O3. The zero-order chi connectivity index (χ0) is 20.2. The first kappa shape index (κ1) is 18.4. The number of carbonyl (C=O) groups is 1. The molecule has 2 heterocycles. The van der Waals surface area contributed by atoms with E-state index in [0.717, 1.165) is 11.1 Å². The van der Waals surface area contributed by atoms with Crippen LogP contribution in [0.4, 0.5) is 0 Å². The van der Waals surface area contributed by atoms with Gasteiger partial charge in [-0.25, -0.2) is 0 Å². The van der Waals surface area contributed by atoms with Crippen LogP contribution in [-0.4, -0.2) is 23.5 Å². The topological polar surface area (TPSA) is 89.8 Å². The van der Waals surface area contributed by atoms with Crippen LogP contribution in [0, 0.1) is 11.3 Å². The average Bonchev–Trinajstić information content (AvgIpc) is 3.08. The molecule has 2 aromatic carbocycles. The summed E-state index contributed by atoms with van der Waals surface area (Å²) < 4.78 is 13.5. The van der Waals surface area contributed by atoms with E-state index in [2.05, 4.69) is 0 Å². The Kier molecular flexibility index (Phi) is 5.04. The van der Waals surface area contributed by atoms with Gasteiger partial charge in [0.1, 0.15) is 17.6 Å². The molecule has 29 heavy (non-hydrogen) atoms. The van der Waals surface area contributed by atoms with E-state index in [1.165, 1.54) is 0 Å². The lowest BCUT2D eigenvalue weighted by atomic mass is 10.1. The van der Waals surface area contributed by atoms with Gasteiger partial charge in [-0.3, -0.25) is 4.79 Å². The van der Waals surface area contributed by atoms with Gasteiger partial charge < -0.3 is 19.6 Å². The van der Waals surface area contributed by atoms with E-state index >= 15 is 0 Å². The second-order valence-electron chi connectivity index (χ2n) is 6.54. The Labute approximate surface area is 167 Å². The lowest BCUT2D eigenvalue weighted by Crippen LogP contribution is -2.11. The number of nitriles is 1. The standard InChI is InChI=1S/C23H19N3O3/c24-10-13-28-17-14-19-21(22(23(25)27)18-8-4-5-11-26(18)19)20(15-17)29-12-9-16-6-2-1-3-7-16/h1-8,11,14-15H,9,12-13H2,(H2,25,27). The first-order chi connectivity index (χ1) is 14.2. The van der Waals surface area contributed by atoms with E-state index in [9.17, 15) is 4.79 Å². The van der Waals surface area contributed by atoms with Crippen LogP contribution < -0.4 is 15.2 Å². The molecule has 4 aromatic rings. The number of rotatable bonds is 7. The van der Waals surface area contributed by atoms with Crippen molar-refractivity contribution in [1.82, 2.24) is 4.40 Å². The molecule has 1 amide bonds. The third-order valence-corrected chi connectivity index (χ3v) is 4.72. The summed E-state index contributed by atoms with van der Waals surface area (Å²) in [5.41, 5.74) is 8.70. The molecule has 0 aliphatic heterocycles. The van der Waals surface area contributed by atoms with E-state index in [-0.39, 0.29) is 6.61 Å². The van der Waals surface area contributed by atoms with Gasteiger partial charge >= 0.3 is 0 Å². The lowest BCUT2D eigenvalue weighted by molar-refractivity contribution is 0.100. The zero-order valence-corrected chi connectivity index (χ0v) is 15.7. The molecule has 0 bridgehead atoms. The highest BCUT2D eigenvalue weighted by Gasteiger charge is 2.21. The molecule has 0 saturated heterocycles. The van der Waals surface area contributed by atoms with Gasteiger partial charge in [-0.05, 0) is 17.7 Å². The highest BCUT2D eigenvalue weighted by molar-refractivity contribution is 6.15. The third kappa shape index (κ3) is 3.58. The van der Waals surface area contributed by atoms with Gasteiger partial charge in [-0.1, -0.05) is 36.4 Å². The minimum Gasteiger partial charge on any atom is -0.492 e. The molecule has 0 fully saturated rings. The normalized spacial score (nSPS) is 10.7. The van der Waals surface area contributed by atoms with E-state index in [4.69, 9.17) is 20.5 Å². The van der Waals surface area contributed by atoms with Crippen molar-refractivity contribution in [3.8, 4) is 17.6 Å². The maximum atomic E-state index is 12.3. The second kappa shape index (κ2) is 7.95. The Hall–Kier alpha value is -3.98. The number of amides is 1. The van der Waals surface area contributed by atoms with Crippen molar-refractivity contribution >= 4 is 22.3 Å². The number of hydrogen-bond donors (Lipinski definition) is 1. The fourth-order valence-corrected chi connectivity index (χ4v) is 3.49. The summed E-state index contributed by atoms with van der Waals surface area (Å²) in [6.45, 7) is 0.339. The average molecular weight is 385 g/mol. The van der Waals surface area contributed by atoms with Gasteiger partial charge in [-0.2, -0.15) is 5.26 Å². The van der Waals surface area contributed by atoms with Gasteiger partial charge in [0.2, 0.25) is 0 Å². The quantitative estimate of drug-likeness (QED) is 0.525. The fraction of sp³-hybridized carbons (Fsp3) is 0.130. The van der Waals surface area contributed by atoms with Crippen molar-refractivity contribution in [3.63, 3.8) is 0 Å². The minimum absolute atomic E-state index is 0.0824. The zero-order valence-electron chi connectivity index (χ0n) is 15.7. The van der Waals surface area contributed by atoms with Crippen LogP contribution in [0.1, 0.15) is 15.9 Å². The van der Waals surface area contributed by atoms with Gasteiger partial charge in [0.15, 0.2) is 6.61 Å². The monoisotopic (exact) mass is 385 g/mol. The van der Waals surface area contributed by atoms with E-state index < -0.39 is 5.91 Å². The van der Waals surface area contributed by atoms with Crippen LogP contribution in [0.2, 0.25) is 0 Å². The summed E-state index contributed by atoms with van der Waals surface area (Å²) in [4.78, 5) is 12.3. The Balaban J connectivity index is 1.81. The molecule has 0 spiro atoms. The summed E-state index contributed by atoms with van der Waals surface area (Å²) in [6.07, 6.45) is 2.57. The number of nitrogens with zero attached hydrogens (tertiary/aromatic N) is 2. The van der Waals surface area contributed by atoms with Crippen LogP contribution in [0.15, 0.2) is 66.9 Å². The number of fused-ring (bicyclic) bond motifs is 3. The number of primary amides is 1. The molecule has 144 valence electrons. The maximum Gasteiger partial charge on any atom is 0.251 e. The summed E-state index contributed by atoms with van der Waals surface area (Å²) >= 11 is 0. The first-order valence-electron chi connectivity index (χ1n) is 9.22. The number of pyridine rings is 1. The highest BCUT2D eigenvalue weighted by Crippen LogP contribution is 2.37. The van der Waals surface area contributed by atoms with Crippen LogP contribution in [-0.2, 0) is 6.42 Å². The van der Waals surface area contributed by atoms with Crippen LogP contribution >= 0.6 is 0 Å². The molecular weight excluding hydrogens is 366 g/mol. The maximum absolute atomic E-state index is 12.3. The molecule has 0 aliphatic rings. The van der Waals surface area contributed by atoms with E-state index in [0.29, 0.717) is 41.0 Å². The Morgan fingerprint density at radius 2 is 1.83 bits per heavy atom. The molecule has 0 saturated carbocycles. The number of hydrogen-bond acceptors (Lipinski definition) is 4. The van der Waals surface area contributed by atoms with Gasteiger partial charge in [0, 0.05) is 24.8 Å². The molecule has 0 atom stereocenters. The lowest BCUT2D eigenvalue weighted by Gasteiger charge is -2.11. The van der Waals surface area contributed by atoms with Gasteiger partial charge in [-0.15, -0.1) is 0 Å². The largest absolute Gasteiger partial charge is 0.492 e. The fourth-order valence-electron chi connectivity index (χ4n) is 3.49. The molecule has 4 rings (SSSR count). The summed E-state index contributed by atoms with van der Waals surface area (Å²) in [7, 11) is 0. The van der Waals surface area contributed by atoms with Crippen LogP contribution in [0.5, 0.6) is 11.5 Å². The van der Waals surface area contributed by atoms with Crippen LogP contribution in [0.3, 0.4) is 0 Å². The van der Waals surface area contributed by atoms with Crippen molar-refractivity contribution in [2.75, 3.05) is 13.2 Å². The molecule has 0 radical (unpaired) electrons. The summed E-state index contributed by atoms with van der Waals surface area (Å²) in [5.74, 6) is 0.471. The number of nitrogens with two attached hydrogens (primary N) is 1. The van der Waals surface area contributed by atoms with E-state index in [1.54, 1.807) is 12.1 Å². The third-order valence-electron chi connectivity index (χ3n) is 4.72. The summed E-state index contributed by atoms with van der Waals surface area (Å²) in [6, 6.07) is 21.0. The van der Waals surface area contributed by atoms with Crippen molar-refractivity contribution in [2.24, 2.45) is 5.73 Å². The summed E-state index contributed by atoms with van der Waals surface area (Å²) in [5, 5.41) is 9.49. The smallest absolute Gasteiger partial charge is 0.251 e. The predicted octanol–water partition coefficient (Wildman–Crippen LogP) is 3.72. The van der Waals surface area contributed by atoms with Crippen LogP contribution in [0.25, 0.3) is 16.4 Å². The van der Waals surface area contributed by atoms with Crippen molar-refractivity contribution in [1.29, 1.82) is 5.26 Å². The van der Waals surface area contributed by atoms with Crippen molar-refractivity contribution in [2.45, 2.75) is 6.42 Å². The second-order valence-corrected chi connectivity index (χ2v) is 6.54. The molecule has 0 aliphatic carbocycles. The Morgan fingerprint density at radius 1 is 1.03 bits per heavy atom. The predicted molar refractivity (Wildman–Crippen MR) is 110 cm³/mol.